The van der Waals surface area contributed by atoms with Crippen LogP contribution < -0.4 is 15.5 Å². The highest BCUT2D eigenvalue weighted by molar-refractivity contribution is 6.09. The van der Waals surface area contributed by atoms with E-state index in [9.17, 15) is 9.59 Å². The standard InChI is InChI=1S/C22H19N3O2/c26-21(23-17-9-7-14-4-1-2-5-15(14)12-17)16-8-10-19-18(13-16)24-22(27)20-6-3-11-25(19)20/h1-2,4-5,7-10,12-13,20H,3,6,11H2,(H,23,26)(H,24,27)/t20-/m0/s1. The van der Waals surface area contributed by atoms with Gasteiger partial charge in [-0.2, -0.15) is 0 Å². The molecule has 0 radical (unpaired) electrons. The maximum atomic E-state index is 12.7. The summed E-state index contributed by atoms with van der Waals surface area (Å²) in [6, 6.07) is 19.3. The molecule has 2 heterocycles. The van der Waals surface area contributed by atoms with E-state index in [-0.39, 0.29) is 17.9 Å². The highest BCUT2D eigenvalue weighted by atomic mass is 16.2. The first kappa shape index (κ1) is 15.9. The van der Waals surface area contributed by atoms with E-state index in [1.165, 1.54) is 0 Å². The fourth-order valence-corrected chi connectivity index (χ4v) is 4.04. The second-order valence-electron chi connectivity index (χ2n) is 7.09. The molecule has 0 aromatic heterocycles. The SMILES string of the molecule is O=C(Nc1ccc2ccccc2c1)c1ccc2c(c1)NC(=O)[C@@H]1CCCN21. The van der Waals surface area contributed by atoms with Crippen LogP contribution >= 0.6 is 0 Å². The van der Waals surface area contributed by atoms with Gasteiger partial charge in [0.2, 0.25) is 5.91 Å². The smallest absolute Gasteiger partial charge is 0.255 e. The number of rotatable bonds is 2. The quantitative estimate of drug-likeness (QED) is 0.728. The second-order valence-corrected chi connectivity index (χ2v) is 7.09. The lowest BCUT2D eigenvalue weighted by atomic mass is 10.1. The lowest BCUT2D eigenvalue weighted by molar-refractivity contribution is -0.117. The number of nitrogens with one attached hydrogen (secondary N) is 2. The number of benzene rings is 3. The van der Waals surface area contributed by atoms with Crippen molar-refractivity contribution in [2.45, 2.75) is 18.9 Å². The number of hydrogen-bond acceptors (Lipinski definition) is 3. The van der Waals surface area contributed by atoms with Gasteiger partial charge in [0.25, 0.3) is 5.91 Å². The average molecular weight is 357 g/mol. The van der Waals surface area contributed by atoms with Crippen LogP contribution in [0.1, 0.15) is 23.2 Å². The summed E-state index contributed by atoms with van der Waals surface area (Å²) in [7, 11) is 0. The minimum absolute atomic E-state index is 0.0205. The molecule has 5 nitrogen and oxygen atoms in total. The zero-order valence-electron chi connectivity index (χ0n) is 14.7. The highest BCUT2D eigenvalue weighted by Crippen LogP contribution is 2.37. The molecule has 1 saturated heterocycles. The molecule has 3 aromatic rings. The van der Waals surface area contributed by atoms with Crippen molar-refractivity contribution in [1.29, 1.82) is 0 Å². The normalized spacial score (nSPS) is 18.0. The van der Waals surface area contributed by atoms with Crippen LogP contribution in [-0.2, 0) is 4.79 Å². The molecule has 5 heteroatoms. The molecule has 1 atom stereocenters. The van der Waals surface area contributed by atoms with Crippen LogP contribution in [-0.4, -0.2) is 24.4 Å². The Bertz CT molecular complexity index is 1080. The third kappa shape index (κ3) is 2.72. The van der Waals surface area contributed by atoms with Crippen molar-refractivity contribution in [2.75, 3.05) is 22.1 Å². The van der Waals surface area contributed by atoms with Crippen LogP contribution in [0.4, 0.5) is 17.1 Å². The lowest BCUT2D eigenvalue weighted by Gasteiger charge is -2.33. The van der Waals surface area contributed by atoms with Gasteiger partial charge >= 0.3 is 0 Å². The molecule has 0 spiro atoms. The van der Waals surface area contributed by atoms with Gasteiger partial charge in [-0.15, -0.1) is 0 Å². The Balaban J connectivity index is 1.42. The third-order valence-corrected chi connectivity index (χ3v) is 5.39. The van der Waals surface area contributed by atoms with Gasteiger partial charge in [-0.25, -0.2) is 0 Å². The summed E-state index contributed by atoms with van der Waals surface area (Å²) in [5.41, 5.74) is 2.99. The summed E-state index contributed by atoms with van der Waals surface area (Å²) >= 11 is 0. The number of carbonyl (C=O) groups is 2. The van der Waals surface area contributed by atoms with E-state index < -0.39 is 0 Å². The Hall–Kier alpha value is -3.34. The molecule has 0 aliphatic carbocycles. The first-order chi connectivity index (χ1) is 13.2. The van der Waals surface area contributed by atoms with Gasteiger partial charge in [-0.3, -0.25) is 9.59 Å². The number of hydrogen-bond donors (Lipinski definition) is 2. The van der Waals surface area contributed by atoms with Crippen LogP contribution in [0, 0.1) is 0 Å². The molecule has 5 rings (SSSR count). The molecule has 2 amide bonds. The van der Waals surface area contributed by atoms with Gasteiger partial charge in [0, 0.05) is 17.8 Å². The molecule has 3 aromatic carbocycles. The average Bonchev–Trinajstić information content (AvgIpc) is 3.18. The van der Waals surface area contributed by atoms with Crippen LogP contribution in [0.5, 0.6) is 0 Å². The van der Waals surface area contributed by atoms with Crippen LogP contribution in [0.2, 0.25) is 0 Å². The highest BCUT2D eigenvalue weighted by Gasteiger charge is 2.36. The summed E-state index contributed by atoms with van der Waals surface area (Å²) in [5, 5.41) is 8.11. The number of anilines is 3. The predicted molar refractivity (Wildman–Crippen MR) is 107 cm³/mol. The topological polar surface area (TPSA) is 61.4 Å². The van der Waals surface area contributed by atoms with Crippen molar-refractivity contribution in [2.24, 2.45) is 0 Å². The second kappa shape index (κ2) is 6.13. The molecule has 27 heavy (non-hydrogen) atoms. The third-order valence-electron chi connectivity index (χ3n) is 5.39. The van der Waals surface area contributed by atoms with E-state index in [1.807, 2.05) is 54.6 Å². The Morgan fingerprint density at radius 1 is 1.04 bits per heavy atom. The minimum Gasteiger partial charge on any atom is -0.358 e. The molecular formula is C22H19N3O2. The molecule has 0 bridgehead atoms. The molecule has 0 unspecified atom stereocenters. The Labute approximate surface area is 157 Å². The number of carbonyl (C=O) groups excluding carboxylic acids is 2. The fraction of sp³-hybridized carbons (Fsp3) is 0.182. The van der Waals surface area contributed by atoms with E-state index >= 15 is 0 Å². The summed E-state index contributed by atoms with van der Waals surface area (Å²) in [6.07, 6.45) is 1.90. The zero-order chi connectivity index (χ0) is 18.4. The van der Waals surface area contributed by atoms with Gasteiger partial charge in [-0.05, 0) is 53.9 Å². The Kier molecular flexibility index (Phi) is 3.60. The van der Waals surface area contributed by atoms with Crippen LogP contribution in [0.3, 0.4) is 0 Å². The van der Waals surface area contributed by atoms with E-state index in [0.29, 0.717) is 11.3 Å². The van der Waals surface area contributed by atoms with E-state index in [1.54, 1.807) is 6.07 Å². The van der Waals surface area contributed by atoms with Gasteiger partial charge in [-0.1, -0.05) is 30.3 Å². The van der Waals surface area contributed by atoms with Crippen molar-refractivity contribution in [1.82, 2.24) is 0 Å². The zero-order valence-corrected chi connectivity index (χ0v) is 14.7. The van der Waals surface area contributed by atoms with Crippen LogP contribution in [0.25, 0.3) is 10.8 Å². The van der Waals surface area contributed by atoms with Gasteiger partial charge in [0.05, 0.1) is 11.4 Å². The first-order valence-electron chi connectivity index (χ1n) is 9.21. The molecule has 2 aliphatic rings. The van der Waals surface area contributed by atoms with E-state index in [2.05, 4.69) is 15.5 Å². The first-order valence-corrected chi connectivity index (χ1v) is 9.21. The lowest BCUT2D eigenvalue weighted by Crippen LogP contribution is -2.43. The molecule has 1 fully saturated rings. The number of fused-ring (bicyclic) bond motifs is 4. The van der Waals surface area contributed by atoms with Gasteiger partial charge in [0.15, 0.2) is 0 Å². The predicted octanol–water partition coefficient (Wildman–Crippen LogP) is 4.01. The van der Waals surface area contributed by atoms with E-state index in [0.717, 1.165) is 41.5 Å². The van der Waals surface area contributed by atoms with Crippen molar-refractivity contribution in [3.05, 3.63) is 66.2 Å². The summed E-state index contributed by atoms with van der Waals surface area (Å²) in [5.74, 6) is -0.169. The van der Waals surface area contributed by atoms with Crippen molar-refractivity contribution in [3.63, 3.8) is 0 Å². The van der Waals surface area contributed by atoms with Crippen molar-refractivity contribution < 1.29 is 9.59 Å². The largest absolute Gasteiger partial charge is 0.358 e. The fourth-order valence-electron chi connectivity index (χ4n) is 4.04. The summed E-state index contributed by atoms with van der Waals surface area (Å²) < 4.78 is 0. The molecule has 134 valence electrons. The van der Waals surface area contributed by atoms with Crippen molar-refractivity contribution >= 4 is 39.6 Å². The molecular weight excluding hydrogens is 338 g/mol. The summed E-state index contributed by atoms with van der Waals surface area (Å²) in [4.78, 5) is 27.1. The Morgan fingerprint density at radius 2 is 1.89 bits per heavy atom. The van der Waals surface area contributed by atoms with Gasteiger partial charge in [0.1, 0.15) is 6.04 Å². The van der Waals surface area contributed by atoms with E-state index in [4.69, 9.17) is 0 Å². The molecule has 2 aliphatic heterocycles. The molecule has 0 saturated carbocycles. The van der Waals surface area contributed by atoms with Gasteiger partial charge < -0.3 is 15.5 Å². The molecule has 2 N–H and O–H groups in total. The monoisotopic (exact) mass is 357 g/mol. The van der Waals surface area contributed by atoms with Crippen LogP contribution in [0.15, 0.2) is 60.7 Å². The van der Waals surface area contributed by atoms with Crippen molar-refractivity contribution in [3.8, 4) is 0 Å². The number of amides is 2. The maximum Gasteiger partial charge on any atom is 0.255 e. The Morgan fingerprint density at radius 3 is 2.78 bits per heavy atom. The number of nitrogens with zero attached hydrogens (tertiary/aromatic N) is 1. The minimum atomic E-state index is -0.189. The summed E-state index contributed by atoms with van der Waals surface area (Å²) in [6.45, 7) is 0.883. The maximum absolute atomic E-state index is 12.7.